The van der Waals surface area contributed by atoms with E-state index in [1.54, 1.807) is 27.9 Å². The number of aryl methyl sites for hydroxylation is 1. The second-order valence-electron chi connectivity index (χ2n) is 6.47. The molecule has 1 atom stereocenters. The maximum absolute atomic E-state index is 13.0. The summed E-state index contributed by atoms with van der Waals surface area (Å²) in [5, 5.41) is 10.9. The van der Waals surface area contributed by atoms with Gasteiger partial charge in [-0.15, -0.1) is 5.10 Å². The van der Waals surface area contributed by atoms with E-state index in [1.165, 1.54) is 0 Å². The van der Waals surface area contributed by atoms with Crippen molar-refractivity contribution in [3.63, 3.8) is 0 Å². The van der Waals surface area contributed by atoms with Crippen LogP contribution >= 0.6 is 0 Å². The van der Waals surface area contributed by atoms with Crippen LogP contribution in [0.15, 0.2) is 30.5 Å². The Balaban J connectivity index is 1.86. The molecule has 2 aromatic rings. The van der Waals surface area contributed by atoms with Gasteiger partial charge in [0.05, 0.1) is 18.4 Å². The molecule has 144 valence electrons. The van der Waals surface area contributed by atoms with E-state index in [2.05, 4.69) is 15.6 Å². The molecular weight excluding hydrogens is 346 g/mol. The number of aromatic nitrogens is 3. The molecule has 1 unspecified atom stereocenters. The summed E-state index contributed by atoms with van der Waals surface area (Å²) in [5.74, 6) is -0.0105. The van der Waals surface area contributed by atoms with Gasteiger partial charge < -0.3 is 10.1 Å². The highest BCUT2D eigenvalue weighted by molar-refractivity contribution is 6.06. The minimum absolute atomic E-state index is 0.0897. The predicted octanol–water partition coefficient (Wildman–Crippen LogP) is 2.01. The largest absolute Gasteiger partial charge is 0.477 e. The fraction of sp³-hybridized carbons (Fsp3) is 0.474. The summed E-state index contributed by atoms with van der Waals surface area (Å²) in [5.41, 5.74) is 0.868. The average molecular weight is 371 g/mol. The van der Waals surface area contributed by atoms with Gasteiger partial charge in [0.15, 0.2) is 11.8 Å². The molecule has 1 aliphatic rings. The third-order valence-electron chi connectivity index (χ3n) is 4.73. The Hall–Kier alpha value is -2.90. The summed E-state index contributed by atoms with van der Waals surface area (Å²) < 4.78 is 7.47. The van der Waals surface area contributed by atoms with Crippen molar-refractivity contribution in [2.75, 3.05) is 11.4 Å². The zero-order chi connectivity index (χ0) is 19.4. The molecule has 0 saturated carbocycles. The second kappa shape index (κ2) is 8.20. The highest BCUT2D eigenvalue weighted by Gasteiger charge is 2.35. The lowest BCUT2D eigenvalue weighted by Gasteiger charge is -2.34. The number of ether oxygens (including phenoxy) is 1. The third kappa shape index (κ3) is 3.94. The van der Waals surface area contributed by atoms with Gasteiger partial charge >= 0.3 is 0 Å². The van der Waals surface area contributed by atoms with Crippen LogP contribution in [-0.4, -0.2) is 45.5 Å². The topological polar surface area (TPSA) is 89.4 Å². The first-order valence-corrected chi connectivity index (χ1v) is 9.35. The summed E-state index contributed by atoms with van der Waals surface area (Å²) in [7, 11) is 0. The van der Waals surface area contributed by atoms with Gasteiger partial charge in [0.2, 0.25) is 0 Å². The highest BCUT2D eigenvalue weighted by atomic mass is 16.5. The van der Waals surface area contributed by atoms with E-state index in [1.807, 2.05) is 32.9 Å². The average Bonchev–Trinajstić information content (AvgIpc) is 3.19. The van der Waals surface area contributed by atoms with Crippen molar-refractivity contribution in [1.82, 2.24) is 20.3 Å². The molecular formula is C19H25N5O3. The molecule has 2 amide bonds. The van der Waals surface area contributed by atoms with Gasteiger partial charge in [0, 0.05) is 12.6 Å². The van der Waals surface area contributed by atoms with Crippen LogP contribution in [0.4, 0.5) is 5.69 Å². The Bertz CT molecular complexity index is 815. The molecule has 3 rings (SSSR count). The van der Waals surface area contributed by atoms with Gasteiger partial charge in [-0.3, -0.25) is 19.2 Å². The molecule has 8 heteroatoms. The number of anilines is 1. The molecule has 0 saturated heterocycles. The fourth-order valence-corrected chi connectivity index (χ4v) is 3.04. The number of nitrogens with zero attached hydrogens (tertiary/aromatic N) is 4. The number of fused-ring (bicyclic) bond motifs is 1. The Morgan fingerprint density at radius 1 is 1.26 bits per heavy atom. The van der Waals surface area contributed by atoms with Crippen LogP contribution in [0.25, 0.3) is 0 Å². The number of carbonyl (C=O) groups is 2. The molecule has 0 spiro atoms. The summed E-state index contributed by atoms with van der Waals surface area (Å²) in [6.45, 7) is 6.73. The van der Waals surface area contributed by atoms with Crippen LogP contribution in [0.5, 0.6) is 5.75 Å². The number of hydrogen-bond acceptors (Lipinski definition) is 5. The van der Waals surface area contributed by atoms with Crippen molar-refractivity contribution in [3.05, 3.63) is 36.2 Å². The zero-order valence-corrected chi connectivity index (χ0v) is 15.9. The molecule has 1 N–H and O–H groups in total. The van der Waals surface area contributed by atoms with Crippen LogP contribution < -0.4 is 15.0 Å². The standard InChI is InChI=1S/C19H25N5O3/c1-4-13(5-2)20-18(25)17-12-24(15-9-7-8-10-16(15)27-17)19(26)14-11-23(6-3)22-21-14/h7-11,13,17H,4-6,12H2,1-3H3,(H,20,25). The van der Waals surface area contributed by atoms with Crippen LogP contribution in [0.1, 0.15) is 44.1 Å². The number of amides is 2. The number of benzene rings is 1. The molecule has 0 aliphatic carbocycles. The molecule has 8 nitrogen and oxygen atoms in total. The van der Waals surface area contributed by atoms with Crippen molar-refractivity contribution in [1.29, 1.82) is 0 Å². The van der Waals surface area contributed by atoms with E-state index in [9.17, 15) is 9.59 Å². The number of rotatable bonds is 6. The molecule has 0 fully saturated rings. The first kappa shape index (κ1) is 18.9. The third-order valence-corrected chi connectivity index (χ3v) is 4.73. The van der Waals surface area contributed by atoms with E-state index in [-0.39, 0.29) is 30.1 Å². The maximum Gasteiger partial charge on any atom is 0.280 e. The monoisotopic (exact) mass is 371 g/mol. The molecule has 1 aliphatic heterocycles. The predicted molar refractivity (Wildman–Crippen MR) is 101 cm³/mol. The lowest BCUT2D eigenvalue weighted by molar-refractivity contribution is -0.128. The Morgan fingerprint density at radius 3 is 2.67 bits per heavy atom. The molecule has 1 aromatic heterocycles. The summed E-state index contributed by atoms with van der Waals surface area (Å²) in [6, 6.07) is 7.29. The quantitative estimate of drug-likeness (QED) is 0.839. The Kier molecular flexibility index (Phi) is 5.73. The molecule has 1 aromatic carbocycles. The van der Waals surface area contributed by atoms with Crippen molar-refractivity contribution >= 4 is 17.5 Å². The normalized spacial score (nSPS) is 16.0. The zero-order valence-electron chi connectivity index (χ0n) is 15.9. The minimum Gasteiger partial charge on any atom is -0.477 e. The van der Waals surface area contributed by atoms with Crippen LogP contribution in [0.2, 0.25) is 0 Å². The number of para-hydroxylation sites is 2. The van der Waals surface area contributed by atoms with Crippen molar-refractivity contribution in [2.45, 2.75) is 52.3 Å². The highest BCUT2D eigenvalue weighted by Crippen LogP contribution is 2.34. The van der Waals surface area contributed by atoms with E-state index >= 15 is 0 Å². The summed E-state index contributed by atoms with van der Waals surface area (Å²) in [6.07, 6.45) is 2.52. The van der Waals surface area contributed by atoms with Crippen LogP contribution in [0, 0.1) is 0 Å². The first-order chi connectivity index (χ1) is 13.1. The van der Waals surface area contributed by atoms with E-state index in [4.69, 9.17) is 4.74 Å². The van der Waals surface area contributed by atoms with Gasteiger partial charge in [-0.1, -0.05) is 31.2 Å². The molecule has 27 heavy (non-hydrogen) atoms. The van der Waals surface area contributed by atoms with Crippen LogP contribution in [0.3, 0.4) is 0 Å². The van der Waals surface area contributed by atoms with Gasteiger partial charge in [-0.2, -0.15) is 0 Å². The van der Waals surface area contributed by atoms with Gasteiger partial charge in [-0.25, -0.2) is 0 Å². The first-order valence-electron chi connectivity index (χ1n) is 9.35. The van der Waals surface area contributed by atoms with Crippen molar-refractivity contribution in [2.24, 2.45) is 0 Å². The fourth-order valence-electron chi connectivity index (χ4n) is 3.04. The lowest BCUT2D eigenvalue weighted by atomic mass is 10.1. The van der Waals surface area contributed by atoms with E-state index < -0.39 is 6.10 Å². The lowest BCUT2D eigenvalue weighted by Crippen LogP contribution is -2.52. The van der Waals surface area contributed by atoms with Crippen LogP contribution in [-0.2, 0) is 11.3 Å². The molecule has 0 bridgehead atoms. The number of hydrogen-bond donors (Lipinski definition) is 1. The second-order valence-corrected chi connectivity index (χ2v) is 6.47. The molecule has 0 radical (unpaired) electrons. The minimum atomic E-state index is -0.773. The van der Waals surface area contributed by atoms with Gasteiger partial charge in [0.1, 0.15) is 5.75 Å². The SMILES string of the molecule is CCC(CC)NC(=O)C1CN(C(=O)c2cn(CC)nn2)c2ccccc2O1. The Morgan fingerprint density at radius 2 is 2.00 bits per heavy atom. The summed E-state index contributed by atoms with van der Waals surface area (Å²) in [4.78, 5) is 27.2. The van der Waals surface area contributed by atoms with Gasteiger partial charge in [0.25, 0.3) is 11.8 Å². The van der Waals surface area contributed by atoms with E-state index in [0.29, 0.717) is 18.0 Å². The maximum atomic E-state index is 13.0. The number of carbonyl (C=O) groups excluding carboxylic acids is 2. The van der Waals surface area contributed by atoms with Crippen molar-refractivity contribution in [3.8, 4) is 5.75 Å². The van der Waals surface area contributed by atoms with Gasteiger partial charge in [-0.05, 0) is 31.9 Å². The number of nitrogens with one attached hydrogen (secondary N) is 1. The van der Waals surface area contributed by atoms with E-state index in [0.717, 1.165) is 12.8 Å². The van der Waals surface area contributed by atoms with Crippen molar-refractivity contribution < 1.29 is 14.3 Å². The summed E-state index contributed by atoms with van der Waals surface area (Å²) >= 11 is 0. The smallest absolute Gasteiger partial charge is 0.280 e. The molecule has 2 heterocycles. The Labute approximate surface area is 158 Å².